The van der Waals surface area contributed by atoms with Crippen LogP contribution in [0.5, 0.6) is 5.75 Å². The zero-order valence-corrected chi connectivity index (χ0v) is 13.7. The first-order valence-corrected chi connectivity index (χ1v) is 7.88. The fourth-order valence-electron chi connectivity index (χ4n) is 2.81. The van der Waals surface area contributed by atoms with Crippen molar-refractivity contribution >= 4 is 11.8 Å². The summed E-state index contributed by atoms with van der Waals surface area (Å²) in [5.41, 5.74) is 0.422. The van der Waals surface area contributed by atoms with E-state index in [1.807, 2.05) is 0 Å². The van der Waals surface area contributed by atoms with Crippen molar-refractivity contribution in [3.05, 3.63) is 41.5 Å². The molecule has 1 N–H and O–H groups in total. The molecular weight excluding hydrogens is 329 g/mol. The molecular formula is C16H18FN5O3. The van der Waals surface area contributed by atoms with Crippen molar-refractivity contribution in [2.24, 2.45) is 0 Å². The van der Waals surface area contributed by atoms with Gasteiger partial charge in [0.15, 0.2) is 5.69 Å². The summed E-state index contributed by atoms with van der Waals surface area (Å²) >= 11 is 0. The molecule has 1 fully saturated rings. The van der Waals surface area contributed by atoms with Crippen molar-refractivity contribution in [3.8, 4) is 5.75 Å². The van der Waals surface area contributed by atoms with Crippen LogP contribution < -0.4 is 4.74 Å². The number of benzene rings is 1. The molecule has 2 aromatic rings. The quantitative estimate of drug-likeness (QED) is 0.892. The van der Waals surface area contributed by atoms with E-state index in [0.717, 1.165) is 0 Å². The lowest BCUT2D eigenvalue weighted by Gasteiger charge is -2.22. The Balaban J connectivity index is 1.72. The third kappa shape index (κ3) is 3.59. The highest BCUT2D eigenvalue weighted by Gasteiger charge is 2.26. The van der Waals surface area contributed by atoms with Gasteiger partial charge in [0.25, 0.3) is 11.8 Å². The topological polar surface area (TPSA) is 91.4 Å². The van der Waals surface area contributed by atoms with Crippen molar-refractivity contribution in [2.45, 2.75) is 6.42 Å². The summed E-state index contributed by atoms with van der Waals surface area (Å²) in [7, 11) is 1.44. The van der Waals surface area contributed by atoms with E-state index < -0.39 is 5.82 Å². The number of nitrogens with zero attached hydrogens (tertiary/aromatic N) is 4. The molecule has 8 nitrogen and oxygen atoms in total. The van der Waals surface area contributed by atoms with Crippen LogP contribution in [-0.2, 0) is 0 Å². The first-order valence-electron chi connectivity index (χ1n) is 7.88. The number of hydrogen-bond donors (Lipinski definition) is 1. The van der Waals surface area contributed by atoms with E-state index >= 15 is 0 Å². The smallest absolute Gasteiger partial charge is 0.276 e. The molecule has 2 amide bonds. The number of carbonyl (C=O) groups excluding carboxylic acids is 2. The normalized spacial score (nSPS) is 15.0. The molecule has 2 heterocycles. The number of aromatic amines is 1. The van der Waals surface area contributed by atoms with Gasteiger partial charge in [-0.15, -0.1) is 0 Å². The van der Waals surface area contributed by atoms with Crippen LogP contribution in [0.15, 0.2) is 24.4 Å². The first kappa shape index (κ1) is 16.9. The molecule has 0 unspecified atom stereocenters. The van der Waals surface area contributed by atoms with Crippen LogP contribution in [-0.4, -0.2) is 70.3 Å². The van der Waals surface area contributed by atoms with E-state index in [1.54, 1.807) is 9.80 Å². The molecule has 1 saturated heterocycles. The number of halogens is 1. The average molecular weight is 347 g/mol. The second kappa shape index (κ2) is 7.29. The summed E-state index contributed by atoms with van der Waals surface area (Å²) in [6, 6.07) is 3.85. The number of amides is 2. The Labute approximate surface area is 143 Å². The van der Waals surface area contributed by atoms with Gasteiger partial charge in [-0.3, -0.25) is 9.59 Å². The minimum atomic E-state index is -0.498. The predicted molar refractivity (Wildman–Crippen MR) is 85.8 cm³/mol. The Morgan fingerprint density at radius 1 is 1.16 bits per heavy atom. The number of ether oxygens (including phenoxy) is 1. The largest absolute Gasteiger partial charge is 0.496 e. The first-order chi connectivity index (χ1) is 12.1. The zero-order chi connectivity index (χ0) is 17.8. The van der Waals surface area contributed by atoms with Crippen molar-refractivity contribution < 1.29 is 18.7 Å². The molecule has 3 rings (SSSR count). The zero-order valence-electron chi connectivity index (χ0n) is 13.7. The Bertz CT molecular complexity index is 765. The Morgan fingerprint density at radius 2 is 1.88 bits per heavy atom. The van der Waals surface area contributed by atoms with E-state index in [1.165, 1.54) is 31.5 Å². The number of aromatic nitrogens is 3. The highest BCUT2D eigenvalue weighted by Crippen LogP contribution is 2.22. The van der Waals surface area contributed by atoms with Gasteiger partial charge in [-0.1, -0.05) is 0 Å². The number of H-pyrrole nitrogens is 1. The molecule has 0 spiro atoms. The lowest BCUT2D eigenvalue weighted by molar-refractivity contribution is 0.0713. The Morgan fingerprint density at radius 3 is 2.52 bits per heavy atom. The second-order valence-corrected chi connectivity index (χ2v) is 5.64. The van der Waals surface area contributed by atoms with Crippen molar-refractivity contribution in [1.82, 2.24) is 25.2 Å². The molecule has 0 saturated carbocycles. The second-order valence-electron chi connectivity index (χ2n) is 5.64. The molecule has 0 aliphatic carbocycles. The standard InChI is InChI=1S/C16H18FN5O3/c1-25-14-4-3-11(17)9-12(14)15(23)21-5-2-6-22(8-7-21)16(24)13-10-18-20-19-13/h3-4,9-10H,2,5-8H2,1H3,(H,18,19,20). The van der Waals surface area contributed by atoms with Gasteiger partial charge in [-0.25, -0.2) is 4.39 Å². The highest BCUT2D eigenvalue weighted by molar-refractivity contribution is 5.97. The fraction of sp³-hybridized carbons (Fsp3) is 0.375. The van der Waals surface area contributed by atoms with Gasteiger partial charge >= 0.3 is 0 Å². The number of rotatable bonds is 3. The molecule has 1 aliphatic heterocycles. The maximum Gasteiger partial charge on any atom is 0.276 e. The van der Waals surface area contributed by atoms with Crippen molar-refractivity contribution in [3.63, 3.8) is 0 Å². The van der Waals surface area contributed by atoms with Crippen molar-refractivity contribution in [2.75, 3.05) is 33.3 Å². The van der Waals surface area contributed by atoms with Crippen LogP contribution in [0.2, 0.25) is 0 Å². The van der Waals surface area contributed by atoms with Crippen molar-refractivity contribution in [1.29, 1.82) is 0 Å². The predicted octanol–water partition coefficient (Wildman–Crippen LogP) is 0.941. The van der Waals surface area contributed by atoms with Gasteiger partial charge in [0.1, 0.15) is 11.6 Å². The van der Waals surface area contributed by atoms with Crippen LogP contribution in [0.3, 0.4) is 0 Å². The van der Waals surface area contributed by atoms with Gasteiger partial charge in [-0.05, 0) is 24.6 Å². The number of carbonyl (C=O) groups is 2. The summed E-state index contributed by atoms with van der Waals surface area (Å²) in [6.07, 6.45) is 1.99. The monoisotopic (exact) mass is 347 g/mol. The van der Waals surface area contributed by atoms with Gasteiger partial charge in [0.2, 0.25) is 0 Å². The average Bonchev–Trinajstić information content (AvgIpc) is 3.05. The van der Waals surface area contributed by atoms with Crippen LogP contribution in [0.4, 0.5) is 4.39 Å². The lowest BCUT2D eigenvalue weighted by Crippen LogP contribution is -2.37. The minimum absolute atomic E-state index is 0.179. The summed E-state index contributed by atoms with van der Waals surface area (Å²) in [4.78, 5) is 28.3. The Hall–Kier alpha value is -2.97. The molecule has 1 aromatic carbocycles. The van der Waals surface area contributed by atoms with Gasteiger partial charge in [0.05, 0.1) is 18.9 Å². The maximum absolute atomic E-state index is 13.5. The van der Waals surface area contributed by atoms with E-state index in [-0.39, 0.29) is 23.1 Å². The maximum atomic E-state index is 13.5. The summed E-state index contributed by atoms with van der Waals surface area (Å²) < 4.78 is 18.7. The number of methoxy groups -OCH3 is 1. The molecule has 0 atom stereocenters. The van der Waals surface area contributed by atoms with E-state index in [9.17, 15) is 14.0 Å². The van der Waals surface area contributed by atoms with Gasteiger partial charge < -0.3 is 14.5 Å². The van der Waals surface area contributed by atoms with Crippen LogP contribution in [0.1, 0.15) is 27.3 Å². The van der Waals surface area contributed by atoms with Crippen LogP contribution in [0.25, 0.3) is 0 Å². The molecule has 25 heavy (non-hydrogen) atoms. The summed E-state index contributed by atoms with van der Waals surface area (Å²) in [5, 5.41) is 9.83. The molecule has 1 aliphatic rings. The van der Waals surface area contributed by atoms with E-state index in [0.29, 0.717) is 38.3 Å². The lowest BCUT2D eigenvalue weighted by atomic mass is 10.1. The number of nitrogens with one attached hydrogen (secondary N) is 1. The van der Waals surface area contributed by atoms with Gasteiger partial charge in [-0.2, -0.15) is 15.4 Å². The van der Waals surface area contributed by atoms with E-state index in [2.05, 4.69) is 15.4 Å². The molecule has 9 heteroatoms. The molecule has 0 bridgehead atoms. The summed E-state index contributed by atoms with van der Waals surface area (Å²) in [5.74, 6) is -0.716. The van der Waals surface area contributed by atoms with Crippen LogP contribution in [0, 0.1) is 5.82 Å². The van der Waals surface area contributed by atoms with Crippen LogP contribution >= 0.6 is 0 Å². The fourth-order valence-corrected chi connectivity index (χ4v) is 2.81. The third-order valence-electron chi connectivity index (χ3n) is 4.10. The van der Waals surface area contributed by atoms with E-state index in [4.69, 9.17) is 4.74 Å². The summed E-state index contributed by atoms with van der Waals surface area (Å²) in [6.45, 7) is 1.70. The van der Waals surface area contributed by atoms with Gasteiger partial charge in [0, 0.05) is 26.2 Å². The minimum Gasteiger partial charge on any atom is -0.496 e. The third-order valence-corrected chi connectivity index (χ3v) is 4.10. The highest BCUT2D eigenvalue weighted by atomic mass is 19.1. The molecule has 1 aromatic heterocycles. The molecule has 0 radical (unpaired) electrons. The Kier molecular flexibility index (Phi) is 4.92. The molecule has 132 valence electrons. The number of hydrogen-bond acceptors (Lipinski definition) is 5. The SMILES string of the molecule is COc1ccc(F)cc1C(=O)N1CCCN(C(=O)c2cn[nH]n2)CC1.